The van der Waals surface area contributed by atoms with Gasteiger partial charge in [0.1, 0.15) is 11.2 Å². The molecule has 0 aliphatic rings. The summed E-state index contributed by atoms with van der Waals surface area (Å²) in [7, 11) is 0. The molecule has 0 aromatic heterocycles. The van der Waals surface area contributed by atoms with Gasteiger partial charge in [0.25, 0.3) is 0 Å². The molecule has 0 saturated carbocycles. The van der Waals surface area contributed by atoms with Crippen molar-refractivity contribution in [1.29, 1.82) is 0 Å². The van der Waals surface area contributed by atoms with Crippen LogP contribution in [0.1, 0.15) is 58.8 Å². The van der Waals surface area contributed by atoms with E-state index in [0.717, 1.165) is 4.90 Å². The molecule has 0 fully saturated rings. The largest absolute Gasteiger partial charge is 0.462 e. The predicted octanol–water partition coefficient (Wildman–Crippen LogP) is 5.19. The quantitative estimate of drug-likeness (QED) is 0.513. The number of hydrogen-bond donors (Lipinski definition) is 0. The number of nitrogens with zero attached hydrogens (tertiary/aromatic N) is 1. The zero-order valence-electron chi connectivity index (χ0n) is 16.7. The Morgan fingerprint density at radius 2 is 1.44 bits per heavy atom. The van der Waals surface area contributed by atoms with Gasteiger partial charge in [0.05, 0.1) is 22.9 Å². The fourth-order valence-corrected chi connectivity index (χ4v) is 2.11. The highest BCUT2D eigenvalue weighted by Crippen LogP contribution is 2.27. The smallest absolute Gasteiger partial charge is 0.424 e. The van der Waals surface area contributed by atoms with Crippen LogP contribution >= 0.6 is 11.6 Å². The molecule has 8 heteroatoms. The van der Waals surface area contributed by atoms with Gasteiger partial charge in [-0.1, -0.05) is 11.6 Å². The molecule has 1 aromatic carbocycles. The molecule has 0 spiro atoms. The average molecular weight is 400 g/mol. The van der Waals surface area contributed by atoms with E-state index >= 15 is 0 Å². The normalized spacial score (nSPS) is 11.6. The van der Waals surface area contributed by atoms with E-state index in [2.05, 4.69) is 0 Å². The van der Waals surface area contributed by atoms with Crippen molar-refractivity contribution in [3.05, 3.63) is 28.8 Å². The summed E-state index contributed by atoms with van der Waals surface area (Å²) >= 11 is 6.05. The van der Waals surface area contributed by atoms with Gasteiger partial charge < -0.3 is 14.2 Å². The fourth-order valence-electron chi connectivity index (χ4n) is 1.92. The van der Waals surface area contributed by atoms with Crippen molar-refractivity contribution in [2.45, 2.75) is 59.7 Å². The third-order valence-corrected chi connectivity index (χ3v) is 3.19. The molecule has 0 bridgehead atoms. The number of halogens is 1. The van der Waals surface area contributed by atoms with E-state index in [-0.39, 0.29) is 22.9 Å². The van der Waals surface area contributed by atoms with E-state index in [4.69, 9.17) is 25.8 Å². The number of carbonyl (C=O) groups is 3. The van der Waals surface area contributed by atoms with Gasteiger partial charge in [0, 0.05) is 0 Å². The number of imide groups is 1. The Hall–Kier alpha value is -2.28. The van der Waals surface area contributed by atoms with Crippen molar-refractivity contribution in [2.24, 2.45) is 0 Å². The minimum atomic E-state index is -0.936. The second kappa shape index (κ2) is 8.61. The Balaban J connectivity index is 3.38. The van der Waals surface area contributed by atoms with Crippen LogP contribution in [0.25, 0.3) is 0 Å². The Morgan fingerprint density at radius 1 is 0.963 bits per heavy atom. The van der Waals surface area contributed by atoms with Gasteiger partial charge in [-0.2, -0.15) is 4.90 Å². The van der Waals surface area contributed by atoms with Crippen molar-refractivity contribution in [2.75, 3.05) is 11.5 Å². The zero-order chi connectivity index (χ0) is 21.0. The molecule has 0 aliphatic carbocycles. The number of hydrogen-bond acceptors (Lipinski definition) is 6. The van der Waals surface area contributed by atoms with Crippen LogP contribution in [0.5, 0.6) is 0 Å². The summed E-state index contributed by atoms with van der Waals surface area (Å²) < 4.78 is 15.6. The third kappa shape index (κ3) is 7.09. The van der Waals surface area contributed by atoms with E-state index < -0.39 is 29.4 Å². The first-order chi connectivity index (χ1) is 12.2. The molecule has 1 aromatic rings. The summed E-state index contributed by atoms with van der Waals surface area (Å²) in [6, 6.07) is 4.10. The van der Waals surface area contributed by atoms with Crippen molar-refractivity contribution in [3.63, 3.8) is 0 Å². The van der Waals surface area contributed by atoms with Crippen LogP contribution in [0.3, 0.4) is 0 Å². The van der Waals surface area contributed by atoms with E-state index in [0.29, 0.717) is 0 Å². The van der Waals surface area contributed by atoms with E-state index in [1.165, 1.54) is 18.2 Å². The summed E-state index contributed by atoms with van der Waals surface area (Å²) in [6.45, 7) is 11.8. The Labute approximate surface area is 164 Å². The molecule has 2 amide bonds. The third-order valence-electron chi connectivity index (χ3n) is 2.86. The molecule has 0 saturated heterocycles. The molecule has 0 N–H and O–H groups in total. The van der Waals surface area contributed by atoms with Gasteiger partial charge in [-0.3, -0.25) is 0 Å². The Bertz CT molecular complexity index is 690. The molecule has 0 radical (unpaired) electrons. The van der Waals surface area contributed by atoms with Crippen molar-refractivity contribution in [1.82, 2.24) is 0 Å². The highest BCUT2D eigenvalue weighted by molar-refractivity contribution is 6.33. The van der Waals surface area contributed by atoms with E-state index in [1.54, 1.807) is 48.5 Å². The first-order valence-corrected chi connectivity index (χ1v) is 8.85. The number of esters is 1. The fraction of sp³-hybridized carbons (Fsp3) is 0.526. The number of anilines is 1. The second-order valence-corrected chi connectivity index (χ2v) is 8.09. The lowest BCUT2D eigenvalue weighted by atomic mass is 10.2. The molecule has 0 atom stereocenters. The van der Waals surface area contributed by atoms with Crippen LogP contribution in [0.15, 0.2) is 18.2 Å². The molecular weight excluding hydrogens is 374 g/mol. The maximum atomic E-state index is 12.6. The topological polar surface area (TPSA) is 82.1 Å². The maximum absolute atomic E-state index is 12.6. The van der Waals surface area contributed by atoms with Gasteiger partial charge in [0.15, 0.2) is 0 Å². The molecule has 0 aliphatic heterocycles. The monoisotopic (exact) mass is 399 g/mol. The van der Waals surface area contributed by atoms with Gasteiger partial charge in [0.2, 0.25) is 0 Å². The van der Waals surface area contributed by atoms with E-state index in [9.17, 15) is 14.4 Å². The van der Waals surface area contributed by atoms with E-state index in [1.807, 2.05) is 0 Å². The van der Waals surface area contributed by atoms with Gasteiger partial charge in [-0.25, -0.2) is 14.4 Å². The molecular formula is C19H26ClNO6. The Morgan fingerprint density at radius 3 is 1.85 bits per heavy atom. The first-order valence-electron chi connectivity index (χ1n) is 8.48. The average Bonchev–Trinajstić information content (AvgIpc) is 2.45. The summed E-state index contributed by atoms with van der Waals surface area (Å²) in [5.74, 6) is -0.669. The second-order valence-electron chi connectivity index (χ2n) is 7.68. The van der Waals surface area contributed by atoms with Crippen molar-refractivity contribution < 1.29 is 28.6 Å². The predicted molar refractivity (Wildman–Crippen MR) is 102 cm³/mol. The van der Waals surface area contributed by atoms with Crippen LogP contribution in [0.4, 0.5) is 15.3 Å². The molecule has 0 unspecified atom stereocenters. The van der Waals surface area contributed by atoms with Crippen molar-refractivity contribution in [3.8, 4) is 0 Å². The summed E-state index contributed by atoms with van der Waals surface area (Å²) in [6.07, 6.45) is -1.87. The standard InChI is InChI=1S/C19H26ClNO6/c1-8-25-15(22)13-11-12(9-10-14(13)20)21(16(23)26-18(2,3)4)17(24)27-19(5,6)7/h9-11H,8H2,1-7H3. The maximum Gasteiger partial charge on any atom is 0.424 e. The van der Waals surface area contributed by atoms with Crippen molar-refractivity contribution >= 4 is 35.4 Å². The molecule has 1 rings (SSSR count). The van der Waals surface area contributed by atoms with Crippen LogP contribution in [-0.2, 0) is 14.2 Å². The molecule has 150 valence electrons. The summed E-state index contributed by atoms with van der Waals surface area (Å²) in [5.41, 5.74) is -1.58. The summed E-state index contributed by atoms with van der Waals surface area (Å²) in [5, 5.41) is 0.130. The lowest BCUT2D eigenvalue weighted by molar-refractivity contribution is 0.0426. The van der Waals surface area contributed by atoms with Crippen LogP contribution in [-0.4, -0.2) is 36.0 Å². The van der Waals surface area contributed by atoms with Crippen LogP contribution in [0, 0.1) is 0 Å². The number of rotatable bonds is 3. The Kier molecular flexibility index (Phi) is 7.25. The highest BCUT2D eigenvalue weighted by atomic mass is 35.5. The number of ether oxygens (including phenoxy) is 3. The highest BCUT2D eigenvalue weighted by Gasteiger charge is 2.33. The number of amides is 2. The molecule has 27 heavy (non-hydrogen) atoms. The molecule has 7 nitrogen and oxygen atoms in total. The zero-order valence-corrected chi connectivity index (χ0v) is 17.5. The lowest BCUT2D eigenvalue weighted by Gasteiger charge is -2.28. The first kappa shape index (κ1) is 22.8. The van der Waals surface area contributed by atoms with Gasteiger partial charge >= 0.3 is 18.2 Å². The number of benzene rings is 1. The summed E-state index contributed by atoms with van der Waals surface area (Å²) in [4.78, 5) is 38.1. The molecule has 0 heterocycles. The lowest BCUT2D eigenvalue weighted by Crippen LogP contribution is -2.43. The van der Waals surface area contributed by atoms with Gasteiger partial charge in [-0.05, 0) is 66.7 Å². The van der Waals surface area contributed by atoms with Crippen LogP contribution in [0.2, 0.25) is 5.02 Å². The minimum Gasteiger partial charge on any atom is -0.462 e. The number of carbonyl (C=O) groups excluding carboxylic acids is 3. The van der Waals surface area contributed by atoms with Gasteiger partial charge in [-0.15, -0.1) is 0 Å². The van der Waals surface area contributed by atoms with Crippen LogP contribution < -0.4 is 4.90 Å². The minimum absolute atomic E-state index is 0.0214. The SMILES string of the molecule is CCOC(=O)c1cc(N(C(=O)OC(C)(C)C)C(=O)OC(C)(C)C)ccc1Cl.